The van der Waals surface area contributed by atoms with Crippen LogP contribution in [0, 0.1) is 0 Å². The second-order valence-electron chi connectivity index (χ2n) is 7.26. The van der Waals surface area contributed by atoms with Gasteiger partial charge in [-0.2, -0.15) is 0 Å². The van der Waals surface area contributed by atoms with Gasteiger partial charge in [-0.25, -0.2) is 0 Å². The van der Waals surface area contributed by atoms with E-state index in [1.54, 1.807) is 0 Å². The molecule has 0 spiro atoms. The average Bonchev–Trinajstić information content (AvgIpc) is 2.59. The van der Waals surface area contributed by atoms with E-state index in [0.29, 0.717) is 0 Å². The summed E-state index contributed by atoms with van der Waals surface area (Å²) >= 11 is 7.45. The predicted molar refractivity (Wildman–Crippen MR) is 112 cm³/mol. The lowest BCUT2D eigenvalue weighted by Gasteiger charge is -2.42. The molecular weight excluding hydrogens is 439 g/mol. The van der Waals surface area contributed by atoms with Gasteiger partial charge in [-0.3, -0.25) is 0 Å². The van der Waals surface area contributed by atoms with Gasteiger partial charge in [0.2, 0.25) is 0 Å². The third kappa shape index (κ3) is 2.07. The Morgan fingerprint density at radius 3 is 2.48 bits per heavy atom. The predicted octanol–water partition coefficient (Wildman–Crippen LogP) is 4.47. The van der Waals surface area contributed by atoms with Gasteiger partial charge in [-0.1, -0.05) is 75.4 Å². The molecule has 122 valence electrons. The number of fused-ring (bicyclic) bond motifs is 4. The van der Waals surface area contributed by atoms with Crippen LogP contribution in [0.3, 0.4) is 0 Å². The van der Waals surface area contributed by atoms with Gasteiger partial charge in [-0.05, 0) is 52.4 Å². The largest absolute Gasteiger partial charge is 0.458 e. The van der Waals surface area contributed by atoms with E-state index in [-0.39, 0.29) is 12.1 Å². The molecule has 3 aromatic carbocycles. The van der Waals surface area contributed by atoms with Crippen LogP contribution in [0.4, 0.5) is 0 Å². The molecule has 25 heavy (non-hydrogen) atoms. The monoisotopic (exact) mass is 452 g/mol. The molecule has 0 bridgehead atoms. The minimum Gasteiger partial charge on any atom is -0.458 e. The Hall–Kier alpha value is -1.52. The van der Waals surface area contributed by atoms with Crippen molar-refractivity contribution in [2.24, 2.45) is 0 Å². The third-order valence-corrected chi connectivity index (χ3v) is 6.67. The SMILES string of the molecule is CC1(C)c2ccccc2B2c3cc(Br)ccc3Oc3ccc(Br)c1c32. The van der Waals surface area contributed by atoms with Crippen LogP contribution in [0.5, 0.6) is 11.5 Å². The highest BCUT2D eigenvalue weighted by Crippen LogP contribution is 2.41. The molecule has 0 aliphatic carbocycles. The zero-order valence-electron chi connectivity index (χ0n) is 13.9. The van der Waals surface area contributed by atoms with Gasteiger partial charge in [0.25, 0.3) is 6.71 Å². The van der Waals surface area contributed by atoms with Gasteiger partial charge >= 0.3 is 0 Å². The fourth-order valence-electron chi connectivity index (χ4n) is 4.47. The van der Waals surface area contributed by atoms with Crippen molar-refractivity contribution in [2.75, 3.05) is 0 Å². The molecule has 0 fully saturated rings. The van der Waals surface area contributed by atoms with Gasteiger partial charge in [0, 0.05) is 14.4 Å². The Labute approximate surface area is 164 Å². The van der Waals surface area contributed by atoms with E-state index in [2.05, 4.69) is 94.2 Å². The molecule has 0 N–H and O–H groups in total. The molecule has 0 radical (unpaired) electrons. The first kappa shape index (κ1) is 15.7. The Kier molecular flexibility index (Phi) is 3.30. The van der Waals surface area contributed by atoms with E-state index in [1.807, 2.05) is 6.07 Å². The van der Waals surface area contributed by atoms with E-state index in [9.17, 15) is 0 Å². The van der Waals surface area contributed by atoms with Crippen molar-refractivity contribution in [2.45, 2.75) is 19.3 Å². The molecule has 5 rings (SSSR count). The van der Waals surface area contributed by atoms with Gasteiger partial charge in [0.1, 0.15) is 11.5 Å². The Morgan fingerprint density at radius 1 is 0.880 bits per heavy atom. The maximum Gasteiger partial charge on any atom is 0.251 e. The summed E-state index contributed by atoms with van der Waals surface area (Å²) in [6, 6.07) is 19.3. The minimum absolute atomic E-state index is 0.0792. The summed E-state index contributed by atoms with van der Waals surface area (Å²) in [7, 11) is 0. The van der Waals surface area contributed by atoms with Crippen LogP contribution in [0.15, 0.2) is 63.5 Å². The van der Waals surface area contributed by atoms with Crippen LogP contribution in [0.25, 0.3) is 0 Å². The van der Waals surface area contributed by atoms with Crippen LogP contribution >= 0.6 is 31.9 Å². The highest BCUT2D eigenvalue weighted by atomic mass is 79.9. The maximum absolute atomic E-state index is 6.30. The van der Waals surface area contributed by atoms with Crippen LogP contribution in [-0.2, 0) is 5.41 Å². The molecule has 4 heteroatoms. The summed E-state index contributed by atoms with van der Waals surface area (Å²) in [4.78, 5) is 0. The second kappa shape index (κ2) is 5.24. The standard InChI is InChI=1S/C21H15BBr2O/c1-21(2)13-5-3-4-6-14(13)22-15-11-12(23)7-9-17(15)25-18-10-8-16(24)19(21)20(18)22/h3-11H,1-2H3. The first-order valence-corrected chi connectivity index (χ1v) is 9.96. The van der Waals surface area contributed by atoms with Crippen LogP contribution in [-0.4, -0.2) is 6.71 Å². The quantitative estimate of drug-likeness (QED) is 0.357. The van der Waals surface area contributed by atoms with Gasteiger partial charge < -0.3 is 4.74 Å². The molecule has 0 amide bonds. The zero-order chi connectivity index (χ0) is 17.3. The summed E-state index contributed by atoms with van der Waals surface area (Å²) in [5, 5.41) is 0. The van der Waals surface area contributed by atoms with Gasteiger partial charge in [-0.15, -0.1) is 0 Å². The molecule has 1 nitrogen and oxygen atoms in total. The molecule has 2 aliphatic heterocycles. The summed E-state index contributed by atoms with van der Waals surface area (Å²) in [6.07, 6.45) is 0. The number of rotatable bonds is 0. The summed E-state index contributed by atoms with van der Waals surface area (Å²) in [5.74, 6) is 1.92. The fourth-order valence-corrected chi connectivity index (χ4v) is 5.69. The lowest BCUT2D eigenvalue weighted by atomic mass is 9.31. The van der Waals surface area contributed by atoms with E-state index in [0.717, 1.165) is 20.4 Å². The lowest BCUT2D eigenvalue weighted by Crippen LogP contribution is -2.62. The number of benzene rings is 3. The maximum atomic E-state index is 6.30. The first-order chi connectivity index (χ1) is 12.0. The van der Waals surface area contributed by atoms with Crippen molar-refractivity contribution in [3.8, 4) is 11.5 Å². The van der Waals surface area contributed by atoms with Crippen molar-refractivity contribution in [3.05, 3.63) is 74.7 Å². The lowest BCUT2D eigenvalue weighted by molar-refractivity contribution is 0.484. The van der Waals surface area contributed by atoms with Crippen LogP contribution < -0.4 is 21.1 Å². The topological polar surface area (TPSA) is 9.23 Å². The van der Waals surface area contributed by atoms with E-state index < -0.39 is 0 Å². The number of hydrogen-bond donors (Lipinski definition) is 0. The van der Waals surface area contributed by atoms with E-state index in [4.69, 9.17) is 4.74 Å². The van der Waals surface area contributed by atoms with Gasteiger partial charge in [0.15, 0.2) is 0 Å². The number of halogens is 2. The van der Waals surface area contributed by atoms with Crippen molar-refractivity contribution in [3.63, 3.8) is 0 Å². The smallest absolute Gasteiger partial charge is 0.251 e. The third-order valence-electron chi connectivity index (χ3n) is 5.52. The van der Waals surface area contributed by atoms with Crippen molar-refractivity contribution in [1.82, 2.24) is 0 Å². The van der Waals surface area contributed by atoms with Gasteiger partial charge in [0.05, 0.1) is 0 Å². The van der Waals surface area contributed by atoms with Crippen LogP contribution in [0.1, 0.15) is 25.0 Å². The second-order valence-corrected chi connectivity index (χ2v) is 9.03. The van der Waals surface area contributed by atoms with Crippen molar-refractivity contribution in [1.29, 1.82) is 0 Å². The number of ether oxygens (including phenoxy) is 1. The van der Waals surface area contributed by atoms with Crippen LogP contribution in [0.2, 0.25) is 0 Å². The molecular formula is C21H15BBr2O. The van der Waals surface area contributed by atoms with Crippen molar-refractivity contribution < 1.29 is 4.74 Å². The highest BCUT2D eigenvalue weighted by molar-refractivity contribution is 9.10. The summed E-state index contributed by atoms with van der Waals surface area (Å²) in [5.41, 5.74) is 6.54. The molecule has 0 unspecified atom stereocenters. The first-order valence-electron chi connectivity index (χ1n) is 8.38. The molecule has 3 aromatic rings. The van der Waals surface area contributed by atoms with E-state index in [1.165, 1.54) is 27.5 Å². The minimum atomic E-state index is -0.0792. The molecule has 0 saturated carbocycles. The van der Waals surface area contributed by atoms with Crippen molar-refractivity contribution >= 4 is 55.0 Å². The summed E-state index contributed by atoms with van der Waals surface area (Å²) < 4.78 is 8.53. The molecule has 0 atom stereocenters. The van der Waals surface area contributed by atoms with E-state index >= 15 is 0 Å². The fraction of sp³-hybridized carbons (Fsp3) is 0.143. The average molecular weight is 454 g/mol. The zero-order valence-corrected chi connectivity index (χ0v) is 17.1. The molecule has 2 aliphatic rings. The number of hydrogen-bond acceptors (Lipinski definition) is 1. The molecule has 0 saturated heterocycles. The summed E-state index contributed by atoms with van der Waals surface area (Å²) in [6.45, 7) is 4.81. The highest BCUT2D eigenvalue weighted by Gasteiger charge is 2.45. The Balaban J connectivity index is 1.94. The Bertz CT molecular complexity index is 1040. The molecule has 0 aromatic heterocycles. The normalized spacial score (nSPS) is 15.8. The Morgan fingerprint density at radius 2 is 1.64 bits per heavy atom. The molecule has 2 heterocycles.